The van der Waals surface area contributed by atoms with Crippen LogP contribution in [0.1, 0.15) is 118 Å². The number of ether oxygens (including phenoxy) is 1. The van der Waals surface area contributed by atoms with Crippen LogP contribution in [0.2, 0.25) is 0 Å². The summed E-state index contributed by atoms with van der Waals surface area (Å²) < 4.78 is 7.08. The van der Waals surface area contributed by atoms with Gasteiger partial charge in [-0.05, 0) is 30.5 Å². The predicted molar refractivity (Wildman–Crippen MR) is 307 cm³/mol. The van der Waals surface area contributed by atoms with Crippen molar-refractivity contribution < 1.29 is 38.9 Å². The van der Waals surface area contributed by atoms with Crippen molar-refractivity contribution in [2.45, 2.75) is 64.3 Å². The minimum atomic E-state index is -1.20. The molecule has 1 aromatic carbocycles. The molecule has 4 atom stereocenters. The van der Waals surface area contributed by atoms with Crippen molar-refractivity contribution >= 4 is 103 Å². The molecule has 0 saturated carbocycles. The molecule has 9 aromatic rings. The number of methoxy groups -OCH3 is 1. The van der Waals surface area contributed by atoms with Gasteiger partial charge in [0.1, 0.15) is 83.5 Å². The molecule has 0 aliphatic carbocycles. The minimum absolute atomic E-state index is 0.0483. The van der Waals surface area contributed by atoms with E-state index in [0.717, 1.165) is 4.88 Å². The first-order chi connectivity index (χ1) is 38.5. The maximum Gasteiger partial charge on any atom is 0.356 e. The first kappa shape index (κ1) is 55.7. The van der Waals surface area contributed by atoms with Crippen molar-refractivity contribution in [3.05, 3.63) is 136 Å². The largest absolute Gasteiger partial charge is 0.476 e. The number of carbonyl (C=O) groups is 5. The second kappa shape index (κ2) is 24.0. The Balaban J connectivity index is 1.06. The lowest BCUT2D eigenvalue weighted by Gasteiger charge is -2.23. The van der Waals surface area contributed by atoms with Gasteiger partial charge in [0.05, 0.1) is 46.9 Å². The number of aromatic carboxylic acids is 1. The van der Waals surface area contributed by atoms with E-state index in [1.807, 2.05) is 31.4 Å². The maximum atomic E-state index is 14.4. The van der Waals surface area contributed by atoms with Crippen molar-refractivity contribution in [3.63, 3.8) is 0 Å². The molecule has 0 radical (unpaired) electrons. The number of rotatable bonds is 10. The summed E-state index contributed by atoms with van der Waals surface area (Å²) >= 11 is 7.64. The number of benzene rings is 1. The molecule has 0 saturated heterocycles. The summed E-state index contributed by atoms with van der Waals surface area (Å²) in [5.41, 5.74) is 3.84. The van der Waals surface area contributed by atoms with E-state index in [9.17, 15) is 34.2 Å². The third kappa shape index (κ3) is 11.9. The molecule has 1 aliphatic heterocycles. The number of aromatic nitrogens is 9. The Morgan fingerprint density at radius 2 is 1.54 bits per heavy atom. The van der Waals surface area contributed by atoms with Gasteiger partial charge in [-0.15, -0.1) is 68.0 Å². The molecule has 0 spiro atoms. The van der Waals surface area contributed by atoms with Gasteiger partial charge in [0.15, 0.2) is 11.5 Å². The number of Topliss-reactive ketones (excluding diaryl/α,β-unsaturated/α-hetero) is 1. The van der Waals surface area contributed by atoms with Crippen molar-refractivity contribution in [2.24, 2.45) is 5.92 Å². The van der Waals surface area contributed by atoms with Crippen molar-refractivity contribution in [3.8, 4) is 49.2 Å². The fraction of sp³-hybridized carbons (Fsp3) is 0.264. The number of carboxylic acid groups (broad SMARTS) is 1. The zero-order valence-corrected chi connectivity index (χ0v) is 48.1. The summed E-state index contributed by atoms with van der Waals surface area (Å²) in [6, 6.07) is 10.6. The number of carbonyl (C=O) groups excluding carboxylic acids is 4. The van der Waals surface area contributed by atoms with E-state index >= 15 is 0 Å². The van der Waals surface area contributed by atoms with Gasteiger partial charge >= 0.3 is 5.97 Å². The van der Waals surface area contributed by atoms with E-state index in [2.05, 4.69) is 32.8 Å². The van der Waals surface area contributed by atoms with Gasteiger partial charge in [0, 0.05) is 64.7 Å². The van der Waals surface area contributed by atoms with Crippen LogP contribution in [-0.2, 0) is 20.9 Å². The number of nitrogens with zero attached hydrogens (tertiary/aromatic N) is 9. The molecule has 80 heavy (non-hydrogen) atoms. The summed E-state index contributed by atoms with van der Waals surface area (Å²) in [4.78, 5) is 107. The number of aliphatic hydroxyl groups excluding tert-OH is 1. The zero-order chi connectivity index (χ0) is 56.4. The Morgan fingerprint density at radius 1 is 0.812 bits per heavy atom. The maximum absolute atomic E-state index is 14.4. The molecular weight excluding hydrogens is 1140 g/mol. The van der Waals surface area contributed by atoms with Crippen LogP contribution in [0.5, 0.6) is 0 Å². The molecule has 3 amide bonds. The van der Waals surface area contributed by atoms with Crippen LogP contribution in [0.3, 0.4) is 0 Å². The third-order valence-electron chi connectivity index (χ3n) is 12.8. The molecule has 1 aliphatic rings. The van der Waals surface area contributed by atoms with E-state index in [0.29, 0.717) is 86.0 Å². The number of amides is 3. The van der Waals surface area contributed by atoms with Crippen LogP contribution in [0.15, 0.2) is 83.1 Å². The summed E-state index contributed by atoms with van der Waals surface area (Å²) in [5.74, 6) is -2.80. The van der Waals surface area contributed by atoms with Gasteiger partial charge in [-0.3, -0.25) is 23.7 Å². The number of pyridine rings is 1. The number of hydrogen-bond acceptors (Lipinski definition) is 22. The topological polar surface area (TPSA) is 291 Å². The second-order valence-corrected chi connectivity index (χ2v) is 24.4. The summed E-state index contributed by atoms with van der Waals surface area (Å²) in [5, 5.41) is 43.0. The van der Waals surface area contributed by atoms with Gasteiger partial charge in [0.25, 0.3) is 5.91 Å². The number of fused-ring (bicyclic) bond motifs is 14. The number of thiazole rings is 6. The smallest absolute Gasteiger partial charge is 0.356 e. The molecule has 410 valence electrons. The highest BCUT2D eigenvalue weighted by atomic mass is 32.1. The van der Waals surface area contributed by atoms with Gasteiger partial charge in [0.2, 0.25) is 11.8 Å². The fourth-order valence-corrected chi connectivity index (χ4v) is 14.2. The number of carboxylic acids is 1. The second-order valence-electron chi connectivity index (χ2n) is 18.5. The Bertz CT molecular complexity index is 3800. The molecule has 8 aromatic heterocycles. The molecule has 9 heterocycles. The number of hydrogen-bond donors (Lipinski definition) is 6. The molecule has 10 rings (SSSR count). The summed E-state index contributed by atoms with van der Waals surface area (Å²) in [6.45, 7) is 9.99. The van der Waals surface area contributed by atoms with Gasteiger partial charge in [-0.25, -0.2) is 44.7 Å². The summed E-state index contributed by atoms with van der Waals surface area (Å²) in [6.07, 6.45) is 1.40. The average Bonchev–Trinajstić information content (AvgIpc) is 4.32. The van der Waals surface area contributed by atoms with E-state index < -0.39 is 36.0 Å². The van der Waals surface area contributed by atoms with Crippen LogP contribution >= 0.6 is 68.0 Å². The molecule has 0 fully saturated rings. The highest BCUT2D eigenvalue weighted by Crippen LogP contribution is 2.41. The van der Waals surface area contributed by atoms with E-state index in [1.165, 1.54) is 92.2 Å². The Labute approximate surface area is 481 Å². The highest BCUT2D eigenvalue weighted by Gasteiger charge is 2.32. The lowest BCUT2D eigenvalue weighted by molar-refractivity contribution is -0.122. The molecule has 27 heteroatoms. The van der Waals surface area contributed by atoms with Crippen molar-refractivity contribution in [2.75, 3.05) is 20.7 Å². The number of aryl methyl sites for hydroxylation is 1. The van der Waals surface area contributed by atoms with Crippen LogP contribution in [0.4, 0.5) is 0 Å². The van der Waals surface area contributed by atoms with E-state index in [1.54, 1.807) is 60.5 Å². The minimum Gasteiger partial charge on any atom is -0.476 e. The van der Waals surface area contributed by atoms with Crippen LogP contribution < -0.4 is 21.3 Å². The number of aliphatic hydroxyl groups is 1. The lowest BCUT2D eigenvalue weighted by atomic mass is 9.90. The molecular formula is C53H49N13O8S6. The monoisotopic (exact) mass is 1190 g/mol. The predicted octanol–water partition coefficient (Wildman–Crippen LogP) is 8.91. The van der Waals surface area contributed by atoms with Crippen LogP contribution in [-0.4, -0.2) is 105 Å². The van der Waals surface area contributed by atoms with Gasteiger partial charge in [-0.2, -0.15) is 0 Å². The Kier molecular flexibility index (Phi) is 16.7. The highest BCUT2D eigenvalue weighted by molar-refractivity contribution is 7.15. The van der Waals surface area contributed by atoms with Crippen molar-refractivity contribution in [1.82, 2.24) is 65.7 Å². The van der Waals surface area contributed by atoms with Gasteiger partial charge in [-0.1, -0.05) is 50.8 Å². The van der Waals surface area contributed by atoms with E-state index in [-0.39, 0.29) is 66.6 Å². The molecule has 10 bridgehead atoms. The standard InChI is InChI=1S/C53H49N13O8S6/c1-24(2)29-14-36(67)42-26(4)79-51(65-42)31(15-39(68)54-5)58-46(71)34-20-75-47(60-34)28-12-13-30(49-62-38(22-78-49)66-17-32(53(72)73)56-23-66)57-43(28)33-19-76-50(59-33)35-21-77-52(61-35)44(45(70)27-10-8-7-9-11-27)63-40(69)16-55-25(3)41-37(18-74-6)80-48(29)64-41/h7-13,17,19-24,29,31,44-45,55,70H,3,14-16,18H2,1-2,4-6H3,(H,54,68)(H,58,71)(H,63,69)(H,72,73)/t29-,31+,44+,45+/m1/s1. The Morgan fingerprint density at radius 3 is 2.29 bits per heavy atom. The molecule has 21 nitrogen and oxygen atoms in total. The Hall–Kier alpha value is -7.63. The fourth-order valence-electron chi connectivity index (χ4n) is 8.59. The third-order valence-corrected chi connectivity index (χ3v) is 18.5. The molecule has 0 unspecified atom stereocenters. The van der Waals surface area contributed by atoms with E-state index in [4.69, 9.17) is 39.6 Å². The first-order valence-electron chi connectivity index (χ1n) is 24.6. The van der Waals surface area contributed by atoms with Crippen LogP contribution in [0, 0.1) is 12.8 Å². The summed E-state index contributed by atoms with van der Waals surface area (Å²) in [7, 11) is 3.06. The van der Waals surface area contributed by atoms with Crippen LogP contribution in [0.25, 0.3) is 54.9 Å². The first-order valence-corrected chi connectivity index (χ1v) is 29.8. The lowest BCUT2D eigenvalue weighted by Crippen LogP contribution is -2.38. The number of nitrogens with one attached hydrogen (secondary N) is 4. The van der Waals surface area contributed by atoms with Gasteiger partial charge < -0.3 is 36.2 Å². The number of imidazole rings is 1. The molecule has 6 N–H and O–H groups in total. The zero-order valence-electron chi connectivity index (χ0n) is 43.2. The quantitative estimate of drug-likeness (QED) is 0.0745. The normalized spacial score (nSPS) is 16.7. The number of ketones is 1. The average molecular weight is 1190 g/mol. The SMILES string of the molecule is C=C1NCC(=O)N[C@@H]([C@@H](O)c2ccccc2)c2nc(cs2)-c2nc(cs2)-c2nc(-c3nc(-n4cnc(C(=O)O)c4)cs3)ccc2-c2nc(cs2)C(=O)N[C@@H](CC(=O)NC)c2nc(c(C)s2)C(=O)C[C@H](C(C)C)c2nc1c(COC)s2. The van der Waals surface area contributed by atoms with Crippen molar-refractivity contribution in [1.29, 1.82) is 0 Å².